The Hall–Kier alpha value is -7.94. The number of rotatable bonds is 7. The first-order valence-corrected chi connectivity index (χ1v) is 18.8. The Morgan fingerprint density at radius 1 is 0.351 bits per heavy atom. The summed E-state index contributed by atoms with van der Waals surface area (Å²) in [5, 5.41) is 12.0. The predicted octanol–water partition coefficient (Wildman–Crippen LogP) is 13.3. The van der Waals surface area contributed by atoms with Crippen LogP contribution < -0.4 is 0 Å². The Balaban J connectivity index is 1.10. The fraction of sp³-hybridized carbons (Fsp3) is 0. The molecule has 0 atom stereocenters. The summed E-state index contributed by atoms with van der Waals surface area (Å²) < 4.78 is 6.50. The quantitative estimate of drug-likeness (QED) is 0.163. The van der Waals surface area contributed by atoms with Crippen molar-refractivity contribution < 1.29 is 4.42 Å². The van der Waals surface area contributed by atoms with Gasteiger partial charge in [0.1, 0.15) is 11.2 Å². The Morgan fingerprint density at radius 2 is 0.825 bits per heavy atom. The molecule has 5 heteroatoms. The van der Waals surface area contributed by atoms with E-state index < -0.39 is 0 Å². The summed E-state index contributed by atoms with van der Waals surface area (Å²) in [6.07, 6.45) is 0. The van der Waals surface area contributed by atoms with Gasteiger partial charge in [-0.15, -0.1) is 0 Å². The molecule has 266 valence electrons. The molecule has 2 aromatic heterocycles. The minimum atomic E-state index is 0.528. The van der Waals surface area contributed by atoms with E-state index in [0.717, 1.165) is 72.0 Å². The molecule has 0 bridgehead atoms. The second-order valence-corrected chi connectivity index (χ2v) is 13.9. The van der Waals surface area contributed by atoms with Crippen molar-refractivity contribution in [3.8, 4) is 84.7 Å². The van der Waals surface area contributed by atoms with E-state index >= 15 is 0 Å². The summed E-state index contributed by atoms with van der Waals surface area (Å²) in [6.45, 7) is 0. The number of hydrogen-bond acceptors (Lipinski definition) is 5. The standard InChI is InChI=1S/C52H32N4O/c53-33-43-16-7-8-21-44(43)39-18-10-20-41(31-39)51-54-50(40-19-9-17-38(30-40)36-26-24-35(25-27-36)34-12-3-1-4-13-34)55-52(56-51)42-28-29-46-48(32-42)57-47-23-11-22-45(49(46)47)37-14-5-2-6-15-37/h1-32H. The average Bonchev–Trinajstić information content (AvgIpc) is 3.68. The summed E-state index contributed by atoms with van der Waals surface area (Å²) in [6, 6.07) is 68.1. The number of nitriles is 1. The van der Waals surface area contributed by atoms with Crippen LogP contribution in [0.15, 0.2) is 199 Å². The van der Waals surface area contributed by atoms with E-state index in [9.17, 15) is 5.26 Å². The molecule has 0 aliphatic heterocycles. The Kier molecular flexibility index (Phi) is 8.48. The van der Waals surface area contributed by atoms with E-state index in [1.807, 2.05) is 91.0 Å². The van der Waals surface area contributed by atoms with Gasteiger partial charge in [0.25, 0.3) is 0 Å². The second-order valence-electron chi connectivity index (χ2n) is 13.9. The number of benzene rings is 8. The van der Waals surface area contributed by atoms with E-state index in [0.29, 0.717) is 23.0 Å². The molecule has 10 rings (SSSR count). The third kappa shape index (κ3) is 6.42. The maximum atomic E-state index is 9.87. The smallest absolute Gasteiger partial charge is 0.164 e. The zero-order valence-electron chi connectivity index (χ0n) is 30.7. The molecular formula is C52H32N4O. The second kappa shape index (κ2) is 14.4. The van der Waals surface area contributed by atoms with Crippen LogP contribution in [0.1, 0.15) is 5.56 Å². The van der Waals surface area contributed by atoms with Crippen molar-refractivity contribution in [2.75, 3.05) is 0 Å². The van der Waals surface area contributed by atoms with Gasteiger partial charge in [-0.2, -0.15) is 5.26 Å². The summed E-state index contributed by atoms with van der Waals surface area (Å²) in [4.78, 5) is 15.3. The molecule has 57 heavy (non-hydrogen) atoms. The van der Waals surface area contributed by atoms with E-state index in [4.69, 9.17) is 19.4 Å². The van der Waals surface area contributed by atoms with Crippen LogP contribution in [0.3, 0.4) is 0 Å². The molecule has 0 spiro atoms. The van der Waals surface area contributed by atoms with E-state index in [-0.39, 0.29) is 0 Å². The third-order valence-electron chi connectivity index (χ3n) is 10.4. The molecule has 0 radical (unpaired) electrons. The normalized spacial score (nSPS) is 11.1. The first-order valence-electron chi connectivity index (χ1n) is 18.8. The van der Waals surface area contributed by atoms with Crippen molar-refractivity contribution in [3.63, 3.8) is 0 Å². The van der Waals surface area contributed by atoms with Crippen LogP contribution in [0.5, 0.6) is 0 Å². The SMILES string of the molecule is N#Cc1ccccc1-c1cccc(-c2nc(-c3cccc(-c4ccc(-c5ccccc5)cc4)c3)nc(-c3ccc4c(c3)oc3cccc(-c5ccccc5)c34)n2)c1. The van der Waals surface area contributed by atoms with Crippen molar-refractivity contribution in [3.05, 3.63) is 200 Å². The van der Waals surface area contributed by atoms with Crippen LogP contribution >= 0.6 is 0 Å². The van der Waals surface area contributed by atoms with Crippen LogP contribution in [-0.4, -0.2) is 15.0 Å². The minimum absolute atomic E-state index is 0.528. The molecule has 0 N–H and O–H groups in total. The molecule has 0 unspecified atom stereocenters. The van der Waals surface area contributed by atoms with Gasteiger partial charge in [0.2, 0.25) is 0 Å². The largest absolute Gasteiger partial charge is 0.456 e. The van der Waals surface area contributed by atoms with Gasteiger partial charge >= 0.3 is 0 Å². The van der Waals surface area contributed by atoms with E-state index in [2.05, 4.69) is 109 Å². The monoisotopic (exact) mass is 728 g/mol. The highest BCUT2D eigenvalue weighted by molar-refractivity contribution is 6.13. The maximum absolute atomic E-state index is 9.87. The van der Waals surface area contributed by atoms with Crippen LogP contribution in [-0.2, 0) is 0 Å². The van der Waals surface area contributed by atoms with Crippen LogP contribution in [0.4, 0.5) is 0 Å². The minimum Gasteiger partial charge on any atom is -0.456 e. The fourth-order valence-electron chi connectivity index (χ4n) is 7.57. The zero-order valence-corrected chi connectivity index (χ0v) is 30.7. The van der Waals surface area contributed by atoms with Gasteiger partial charge in [-0.05, 0) is 80.9 Å². The fourth-order valence-corrected chi connectivity index (χ4v) is 7.57. The molecule has 0 aliphatic rings. The maximum Gasteiger partial charge on any atom is 0.164 e. The molecule has 10 aromatic rings. The predicted molar refractivity (Wildman–Crippen MR) is 230 cm³/mol. The van der Waals surface area contributed by atoms with Crippen LogP contribution in [0.25, 0.3) is 101 Å². The van der Waals surface area contributed by atoms with Gasteiger partial charge in [0, 0.05) is 27.5 Å². The van der Waals surface area contributed by atoms with Gasteiger partial charge in [-0.3, -0.25) is 0 Å². The number of aromatic nitrogens is 3. The molecule has 5 nitrogen and oxygen atoms in total. The molecular weight excluding hydrogens is 697 g/mol. The lowest BCUT2D eigenvalue weighted by Gasteiger charge is -2.11. The molecule has 0 fully saturated rings. The lowest BCUT2D eigenvalue weighted by atomic mass is 9.98. The lowest BCUT2D eigenvalue weighted by Crippen LogP contribution is -2.00. The Morgan fingerprint density at radius 3 is 1.51 bits per heavy atom. The Bertz CT molecular complexity index is 3130. The van der Waals surface area contributed by atoms with Crippen molar-refractivity contribution >= 4 is 21.9 Å². The van der Waals surface area contributed by atoms with Crippen LogP contribution in [0, 0.1) is 11.3 Å². The molecule has 2 heterocycles. The van der Waals surface area contributed by atoms with Crippen molar-refractivity contribution in [2.45, 2.75) is 0 Å². The summed E-state index contributed by atoms with van der Waals surface area (Å²) >= 11 is 0. The summed E-state index contributed by atoms with van der Waals surface area (Å²) in [7, 11) is 0. The first kappa shape index (κ1) is 33.6. The molecule has 0 aliphatic carbocycles. The number of fused-ring (bicyclic) bond motifs is 3. The summed E-state index contributed by atoms with van der Waals surface area (Å²) in [5.41, 5.74) is 13.2. The first-order chi connectivity index (χ1) is 28.2. The van der Waals surface area contributed by atoms with Gasteiger partial charge in [0.15, 0.2) is 17.5 Å². The third-order valence-corrected chi connectivity index (χ3v) is 10.4. The van der Waals surface area contributed by atoms with Crippen molar-refractivity contribution in [1.29, 1.82) is 5.26 Å². The van der Waals surface area contributed by atoms with Gasteiger partial charge in [0.05, 0.1) is 11.6 Å². The van der Waals surface area contributed by atoms with Gasteiger partial charge < -0.3 is 4.42 Å². The Labute approximate surface area is 329 Å². The highest BCUT2D eigenvalue weighted by atomic mass is 16.3. The van der Waals surface area contributed by atoms with Gasteiger partial charge in [-0.25, -0.2) is 15.0 Å². The number of furan rings is 1. The summed E-state index contributed by atoms with van der Waals surface area (Å²) in [5.74, 6) is 1.61. The average molecular weight is 729 g/mol. The molecule has 0 saturated heterocycles. The van der Waals surface area contributed by atoms with E-state index in [1.54, 1.807) is 0 Å². The molecule has 0 saturated carbocycles. The topological polar surface area (TPSA) is 75.6 Å². The highest BCUT2D eigenvalue weighted by Gasteiger charge is 2.18. The molecule has 8 aromatic carbocycles. The lowest BCUT2D eigenvalue weighted by molar-refractivity contribution is 0.669. The number of nitrogens with zero attached hydrogens (tertiary/aromatic N) is 4. The highest BCUT2D eigenvalue weighted by Crippen LogP contribution is 2.39. The van der Waals surface area contributed by atoms with Gasteiger partial charge in [-0.1, -0.05) is 158 Å². The van der Waals surface area contributed by atoms with Crippen molar-refractivity contribution in [2.24, 2.45) is 0 Å². The van der Waals surface area contributed by atoms with Crippen LogP contribution in [0.2, 0.25) is 0 Å². The van der Waals surface area contributed by atoms with Crippen molar-refractivity contribution in [1.82, 2.24) is 15.0 Å². The molecule has 0 amide bonds. The number of hydrogen-bond donors (Lipinski definition) is 0. The van der Waals surface area contributed by atoms with E-state index in [1.165, 1.54) is 11.1 Å². The zero-order chi connectivity index (χ0) is 38.1.